The van der Waals surface area contributed by atoms with Gasteiger partial charge in [-0.3, -0.25) is 14.1 Å². The van der Waals surface area contributed by atoms with E-state index in [0.29, 0.717) is 0 Å². The van der Waals surface area contributed by atoms with E-state index in [1.807, 2.05) is 0 Å². The number of rotatable bonds is 10. The SMILES string of the molecule is CN(CC(CO)CO)C(=O)C1=C[N+](C)(CC(CO)CO)C(C(N)=O)C=N1. The molecule has 2 atom stereocenters. The third-order valence-electron chi connectivity index (χ3n) is 4.48. The third kappa shape index (κ3) is 5.32. The van der Waals surface area contributed by atoms with E-state index >= 15 is 0 Å². The van der Waals surface area contributed by atoms with Gasteiger partial charge in [-0.25, -0.2) is 4.99 Å². The fraction of sp³-hybridized carbons (Fsp3) is 0.688. The number of hydrogen-bond acceptors (Lipinski definition) is 7. The highest BCUT2D eigenvalue weighted by atomic mass is 16.3. The number of quaternary nitrogens is 1. The molecule has 0 spiro atoms. The molecule has 0 aromatic carbocycles. The average molecular weight is 373 g/mol. The summed E-state index contributed by atoms with van der Waals surface area (Å²) in [5.41, 5.74) is 5.51. The van der Waals surface area contributed by atoms with Gasteiger partial charge < -0.3 is 31.1 Å². The summed E-state index contributed by atoms with van der Waals surface area (Å²) in [5.74, 6) is -2.04. The van der Waals surface area contributed by atoms with Gasteiger partial charge in [0, 0.05) is 32.7 Å². The van der Waals surface area contributed by atoms with Crippen molar-refractivity contribution in [2.75, 3.05) is 53.6 Å². The first-order valence-electron chi connectivity index (χ1n) is 8.32. The number of primary amides is 1. The summed E-state index contributed by atoms with van der Waals surface area (Å²) in [6.07, 6.45) is 2.78. The average Bonchev–Trinajstić information content (AvgIpc) is 2.62. The number of hydrogen-bond donors (Lipinski definition) is 5. The standard InChI is InChI=1S/C16H28N4O6/c1-19(4-11(7-21)8-22)16(26)13-6-20(2,5-12(9-23)10-24)14(3-18-13)15(17)25/h3,6,11-12,14,21-24H,4-5,7-10H2,1-2H3,(H-,17,25)/p+1. The van der Waals surface area contributed by atoms with Crippen LogP contribution in [0.2, 0.25) is 0 Å². The fourth-order valence-corrected chi connectivity index (χ4v) is 2.91. The van der Waals surface area contributed by atoms with Crippen molar-refractivity contribution in [3.63, 3.8) is 0 Å². The molecular weight excluding hydrogens is 344 g/mol. The molecule has 1 rings (SSSR count). The molecule has 0 aromatic rings. The molecule has 148 valence electrons. The summed E-state index contributed by atoms with van der Waals surface area (Å²) >= 11 is 0. The van der Waals surface area contributed by atoms with Crippen molar-refractivity contribution < 1.29 is 34.5 Å². The van der Waals surface area contributed by atoms with Crippen LogP contribution in [0.5, 0.6) is 0 Å². The maximum Gasteiger partial charge on any atom is 0.282 e. The monoisotopic (exact) mass is 373 g/mol. The first-order chi connectivity index (χ1) is 12.2. The lowest BCUT2D eigenvalue weighted by atomic mass is 10.1. The molecule has 10 nitrogen and oxygen atoms in total. The second kappa shape index (κ2) is 9.74. The molecular formula is C16H29N4O6+. The smallest absolute Gasteiger partial charge is 0.282 e. The molecule has 0 saturated heterocycles. The highest BCUT2D eigenvalue weighted by Crippen LogP contribution is 2.22. The Morgan fingerprint density at radius 1 is 1.19 bits per heavy atom. The molecule has 1 heterocycles. The van der Waals surface area contributed by atoms with Crippen molar-refractivity contribution in [1.82, 2.24) is 4.90 Å². The third-order valence-corrected chi connectivity index (χ3v) is 4.48. The second-order valence-corrected chi connectivity index (χ2v) is 6.82. The Balaban J connectivity index is 3.07. The Morgan fingerprint density at radius 3 is 2.19 bits per heavy atom. The zero-order valence-electron chi connectivity index (χ0n) is 15.2. The van der Waals surface area contributed by atoms with E-state index in [9.17, 15) is 19.8 Å². The Kier molecular flexibility index (Phi) is 8.31. The van der Waals surface area contributed by atoms with Crippen LogP contribution >= 0.6 is 0 Å². The van der Waals surface area contributed by atoms with E-state index in [2.05, 4.69) is 4.99 Å². The lowest BCUT2D eigenvalue weighted by Crippen LogP contribution is -2.59. The van der Waals surface area contributed by atoms with Crippen molar-refractivity contribution in [3.8, 4) is 0 Å². The van der Waals surface area contributed by atoms with Crippen LogP contribution in [0.25, 0.3) is 0 Å². The van der Waals surface area contributed by atoms with Gasteiger partial charge in [-0.05, 0) is 0 Å². The number of carbonyl (C=O) groups excluding carboxylic acids is 2. The largest absolute Gasteiger partial charge is 0.396 e. The number of nitrogens with zero attached hydrogens (tertiary/aromatic N) is 3. The molecule has 10 heteroatoms. The van der Waals surface area contributed by atoms with E-state index in [0.717, 1.165) is 0 Å². The van der Waals surface area contributed by atoms with Gasteiger partial charge in [0.2, 0.25) is 6.04 Å². The number of nitrogens with two attached hydrogens (primary N) is 1. The highest BCUT2D eigenvalue weighted by Gasteiger charge is 2.40. The van der Waals surface area contributed by atoms with Gasteiger partial charge in [-0.15, -0.1) is 0 Å². The van der Waals surface area contributed by atoms with Crippen molar-refractivity contribution in [1.29, 1.82) is 0 Å². The van der Waals surface area contributed by atoms with Crippen LogP contribution in [0.1, 0.15) is 0 Å². The van der Waals surface area contributed by atoms with Gasteiger partial charge in [-0.2, -0.15) is 0 Å². The topological polar surface area (TPSA) is 157 Å². The first-order valence-corrected chi connectivity index (χ1v) is 8.32. The minimum atomic E-state index is -0.833. The molecule has 1 aliphatic heterocycles. The van der Waals surface area contributed by atoms with Crippen LogP contribution in [-0.4, -0.2) is 107 Å². The predicted molar refractivity (Wildman–Crippen MR) is 93.6 cm³/mol. The lowest BCUT2D eigenvalue weighted by molar-refractivity contribution is -0.869. The molecule has 0 bridgehead atoms. The molecule has 0 aliphatic carbocycles. The van der Waals surface area contributed by atoms with Crippen molar-refractivity contribution >= 4 is 18.0 Å². The molecule has 0 aromatic heterocycles. The molecule has 0 saturated carbocycles. The summed E-state index contributed by atoms with van der Waals surface area (Å²) < 4.78 is -0.108. The summed E-state index contributed by atoms with van der Waals surface area (Å²) in [7, 11) is 3.18. The molecule has 26 heavy (non-hydrogen) atoms. The van der Waals surface area contributed by atoms with Crippen LogP contribution in [0, 0.1) is 11.8 Å². The van der Waals surface area contributed by atoms with E-state index in [4.69, 9.17) is 15.9 Å². The molecule has 6 N–H and O–H groups in total. The highest BCUT2D eigenvalue weighted by molar-refractivity contribution is 6.00. The van der Waals surface area contributed by atoms with E-state index in [1.165, 1.54) is 24.4 Å². The number of aliphatic hydroxyl groups excluding tert-OH is 4. The van der Waals surface area contributed by atoms with Crippen LogP contribution in [0.15, 0.2) is 16.9 Å². The molecule has 0 radical (unpaired) electrons. The first kappa shape index (κ1) is 22.2. The van der Waals surface area contributed by atoms with E-state index < -0.39 is 29.7 Å². The van der Waals surface area contributed by atoms with Gasteiger partial charge >= 0.3 is 0 Å². The zero-order chi connectivity index (χ0) is 19.9. The van der Waals surface area contributed by atoms with Crippen molar-refractivity contribution in [2.45, 2.75) is 6.04 Å². The number of aliphatic hydroxyl groups is 4. The Bertz CT molecular complexity index is 559. The quantitative estimate of drug-likeness (QED) is 0.255. The predicted octanol–water partition coefficient (Wildman–Crippen LogP) is -3.13. The minimum absolute atomic E-state index is 0.0803. The summed E-state index contributed by atoms with van der Waals surface area (Å²) in [4.78, 5) is 29.8. The number of likely N-dealkylation sites (N-methyl/N-ethyl adjacent to an activating group) is 2. The van der Waals surface area contributed by atoms with E-state index in [1.54, 1.807) is 7.05 Å². The Hall–Kier alpha value is -1.85. The molecule has 2 amide bonds. The maximum atomic E-state index is 12.6. The maximum absolute atomic E-state index is 12.6. The molecule has 2 unspecified atom stereocenters. The molecule has 0 fully saturated rings. The minimum Gasteiger partial charge on any atom is -0.396 e. The Morgan fingerprint density at radius 2 is 1.73 bits per heavy atom. The van der Waals surface area contributed by atoms with Crippen LogP contribution in [0.4, 0.5) is 0 Å². The van der Waals surface area contributed by atoms with Gasteiger partial charge in [-0.1, -0.05) is 0 Å². The lowest BCUT2D eigenvalue weighted by Gasteiger charge is -2.38. The number of aliphatic imine (C=N–C) groups is 1. The number of amides is 2. The normalized spacial score (nSPS) is 22.6. The second-order valence-electron chi connectivity index (χ2n) is 6.82. The zero-order valence-corrected chi connectivity index (χ0v) is 15.2. The summed E-state index contributed by atoms with van der Waals surface area (Å²) in [6.45, 7) is -0.761. The van der Waals surface area contributed by atoms with Gasteiger partial charge in [0.1, 0.15) is 6.20 Å². The number of carbonyl (C=O) groups is 2. The van der Waals surface area contributed by atoms with Crippen LogP contribution in [-0.2, 0) is 9.59 Å². The Labute approximate surface area is 152 Å². The van der Waals surface area contributed by atoms with Crippen LogP contribution < -0.4 is 5.73 Å². The van der Waals surface area contributed by atoms with E-state index in [-0.39, 0.29) is 49.7 Å². The van der Waals surface area contributed by atoms with Gasteiger partial charge in [0.15, 0.2) is 5.70 Å². The molecule has 1 aliphatic rings. The van der Waals surface area contributed by atoms with Gasteiger partial charge in [0.05, 0.1) is 38.9 Å². The van der Waals surface area contributed by atoms with Crippen LogP contribution in [0.3, 0.4) is 0 Å². The summed E-state index contributed by atoms with van der Waals surface area (Å²) in [6, 6.07) is -0.833. The van der Waals surface area contributed by atoms with Crippen molar-refractivity contribution in [2.24, 2.45) is 22.6 Å². The van der Waals surface area contributed by atoms with Gasteiger partial charge in [0.25, 0.3) is 11.8 Å². The fourth-order valence-electron chi connectivity index (χ4n) is 2.91. The van der Waals surface area contributed by atoms with Crippen molar-refractivity contribution in [3.05, 3.63) is 11.9 Å². The summed E-state index contributed by atoms with van der Waals surface area (Å²) in [5, 5.41) is 37.0.